The van der Waals surface area contributed by atoms with E-state index in [1.807, 2.05) is 18.2 Å². The average Bonchev–Trinajstić information content (AvgIpc) is 3.70. The number of anilines is 1. The number of fused-ring (bicyclic) bond motifs is 2. The first-order valence-electron chi connectivity index (χ1n) is 16.2. The normalized spacial score (nSPS) is 15.4. The number of unbranched alkanes of at least 4 members (excludes halogenated alkanes) is 5. The van der Waals surface area contributed by atoms with Crippen molar-refractivity contribution in [3.8, 4) is 28.5 Å². The molecule has 0 saturated carbocycles. The minimum Gasteiger partial charge on any atom is -0.497 e. The monoisotopic (exact) mass is 667 g/mol. The van der Waals surface area contributed by atoms with E-state index >= 15 is 0 Å². The highest BCUT2D eigenvalue weighted by molar-refractivity contribution is 6.36. The van der Waals surface area contributed by atoms with E-state index in [0.29, 0.717) is 32.9 Å². The topological polar surface area (TPSA) is 81.3 Å². The molecule has 0 N–H and O–H groups in total. The van der Waals surface area contributed by atoms with Crippen molar-refractivity contribution < 1.29 is 4.74 Å². The maximum absolute atomic E-state index is 6.68. The van der Waals surface area contributed by atoms with E-state index in [0.717, 1.165) is 29.5 Å². The van der Waals surface area contributed by atoms with E-state index in [1.165, 1.54) is 55.4 Å². The Morgan fingerprint density at radius 1 is 0.915 bits per heavy atom. The van der Waals surface area contributed by atoms with Crippen molar-refractivity contribution in [2.24, 2.45) is 0 Å². The van der Waals surface area contributed by atoms with Crippen LogP contribution < -0.4 is 14.9 Å². The Balaban J connectivity index is 1.39. The first-order valence-corrected chi connectivity index (χ1v) is 16.9. The smallest absolute Gasteiger partial charge is 0.203 e. The van der Waals surface area contributed by atoms with Crippen LogP contribution in [0.5, 0.6) is 5.75 Å². The van der Waals surface area contributed by atoms with Crippen molar-refractivity contribution in [2.45, 2.75) is 64.7 Å². The molecule has 4 heterocycles. The van der Waals surface area contributed by atoms with Crippen LogP contribution in [0.2, 0.25) is 10.0 Å². The fraction of sp³-hybridized carbons (Fsp3) is 0.324. The van der Waals surface area contributed by atoms with Gasteiger partial charge in [-0.2, -0.15) is 9.61 Å². The van der Waals surface area contributed by atoms with Gasteiger partial charge in [0.2, 0.25) is 5.82 Å². The highest BCUT2D eigenvalue weighted by Gasteiger charge is 2.39. The molecule has 0 saturated heterocycles. The highest BCUT2D eigenvalue weighted by atomic mass is 35.5. The van der Waals surface area contributed by atoms with E-state index in [-0.39, 0.29) is 5.41 Å². The fourth-order valence-electron chi connectivity index (χ4n) is 6.29. The minimum absolute atomic E-state index is 0.201. The summed E-state index contributed by atoms with van der Waals surface area (Å²) in [7, 11) is 1.72. The Morgan fingerprint density at radius 2 is 1.72 bits per heavy atom. The summed E-state index contributed by atoms with van der Waals surface area (Å²) < 4.78 is 7.31. The van der Waals surface area contributed by atoms with Crippen LogP contribution >= 0.6 is 23.2 Å². The van der Waals surface area contributed by atoms with E-state index < -0.39 is 0 Å². The molecule has 0 atom stereocenters. The Morgan fingerprint density at radius 3 is 2.49 bits per heavy atom. The predicted octanol–water partition coefficient (Wildman–Crippen LogP) is 8.66. The molecule has 5 aromatic rings. The zero-order chi connectivity index (χ0) is 33.0. The number of aromatic nitrogens is 6. The molecular formula is C37H39Cl2N7O. The molecule has 0 radical (unpaired) electrons. The second-order valence-corrected chi connectivity index (χ2v) is 13.1. The third-order valence-electron chi connectivity index (χ3n) is 8.80. The van der Waals surface area contributed by atoms with Gasteiger partial charge in [-0.05, 0) is 66.6 Å². The summed E-state index contributed by atoms with van der Waals surface area (Å²) in [5.74, 6) is 1.39. The van der Waals surface area contributed by atoms with Gasteiger partial charge in [-0.1, -0.05) is 88.2 Å². The van der Waals surface area contributed by atoms with Crippen molar-refractivity contribution in [1.82, 2.24) is 29.8 Å². The Hall–Kier alpha value is -4.27. The molecule has 0 spiro atoms. The first kappa shape index (κ1) is 32.7. The number of nitrogens with zero attached hydrogens (tertiary/aromatic N) is 7. The molecule has 0 bridgehead atoms. The van der Waals surface area contributed by atoms with Gasteiger partial charge in [0.15, 0.2) is 5.65 Å². The van der Waals surface area contributed by atoms with Crippen molar-refractivity contribution in [2.75, 3.05) is 18.6 Å². The third-order valence-corrected chi connectivity index (χ3v) is 9.34. The number of ether oxygens (including phenoxy) is 1. The molecule has 1 aliphatic rings. The lowest BCUT2D eigenvalue weighted by Crippen LogP contribution is -2.27. The summed E-state index contributed by atoms with van der Waals surface area (Å²) in [6, 6.07) is 13.6. The van der Waals surface area contributed by atoms with Crippen LogP contribution in [-0.4, -0.2) is 43.4 Å². The fourth-order valence-corrected chi connectivity index (χ4v) is 6.79. The van der Waals surface area contributed by atoms with E-state index in [1.54, 1.807) is 36.0 Å². The molecule has 3 aromatic heterocycles. The Kier molecular flexibility index (Phi) is 9.89. The van der Waals surface area contributed by atoms with Crippen molar-refractivity contribution in [1.29, 1.82) is 0 Å². The highest BCUT2D eigenvalue weighted by Crippen LogP contribution is 2.49. The van der Waals surface area contributed by atoms with Gasteiger partial charge < -0.3 is 9.64 Å². The standard InChI is InChI=1S/C37H39Cl2N7O/c1-5-6-7-8-9-12-21-45-32-18-16-26(47-4)23-29(32)37(2,3)33(45)14-11-10-13-28-34(27-17-15-25(38)22-30(27)39)44-46-35(28)42-43-36(46)31-19-20-40-24-41-31/h10-11,13-20,22-24H,5-9,12,21H2,1-4H3/b11-10+,28-13-,33-14+. The van der Waals surface area contributed by atoms with Gasteiger partial charge in [-0.25, -0.2) is 9.97 Å². The summed E-state index contributed by atoms with van der Waals surface area (Å²) in [5.41, 5.74) is 6.21. The van der Waals surface area contributed by atoms with Crippen molar-refractivity contribution in [3.05, 3.63) is 99.7 Å². The van der Waals surface area contributed by atoms with Crippen LogP contribution in [0, 0.1) is 0 Å². The molecule has 0 fully saturated rings. The lowest BCUT2D eigenvalue weighted by Gasteiger charge is -2.27. The number of benzene rings is 2. The maximum Gasteiger partial charge on any atom is 0.203 e. The molecule has 47 heavy (non-hydrogen) atoms. The number of rotatable bonds is 12. The van der Waals surface area contributed by atoms with Crippen LogP contribution in [0.15, 0.2) is 78.9 Å². The van der Waals surface area contributed by atoms with Gasteiger partial charge in [-0.15, -0.1) is 10.2 Å². The van der Waals surface area contributed by atoms with Crippen LogP contribution in [0.25, 0.3) is 34.5 Å². The molecular weight excluding hydrogens is 629 g/mol. The van der Waals surface area contributed by atoms with Gasteiger partial charge in [0, 0.05) is 45.3 Å². The Bertz CT molecular complexity index is 1980. The van der Waals surface area contributed by atoms with Gasteiger partial charge in [0.25, 0.3) is 0 Å². The van der Waals surface area contributed by atoms with Crippen molar-refractivity contribution >= 4 is 40.6 Å². The Labute approximate surface area is 285 Å². The molecule has 6 rings (SSSR count). The summed E-state index contributed by atoms with van der Waals surface area (Å²) in [5, 5.41) is 15.7. The largest absolute Gasteiger partial charge is 0.497 e. The SMILES string of the molecule is CCCCCCCCN1/C(=C/C=C/C=c2/c(-c3ccc(Cl)cc3Cl)nn3c(-c4ccncn4)nnc23)C(C)(C)c2cc(OC)ccc21. The quantitative estimate of drug-likeness (QED) is 0.123. The predicted molar refractivity (Wildman–Crippen MR) is 191 cm³/mol. The lowest BCUT2D eigenvalue weighted by molar-refractivity contribution is 0.413. The summed E-state index contributed by atoms with van der Waals surface area (Å²) in [4.78, 5) is 10.9. The number of hydrogen-bond donors (Lipinski definition) is 0. The molecule has 242 valence electrons. The van der Waals surface area contributed by atoms with Gasteiger partial charge in [0.05, 0.1) is 12.1 Å². The van der Waals surface area contributed by atoms with Crippen LogP contribution in [0.1, 0.15) is 64.9 Å². The number of hydrogen-bond acceptors (Lipinski definition) is 7. The van der Waals surface area contributed by atoms with Crippen LogP contribution in [0.4, 0.5) is 5.69 Å². The van der Waals surface area contributed by atoms with E-state index in [4.69, 9.17) is 33.0 Å². The summed E-state index contributed by atoms with van der Waals surface area (Å²) >= 11 is 12.9. The van der Waals surface area contributed by atoms with Crippen LogP contribution in [0.3, 0.4) is 0 Å². The second kappa shape index (κ2) is 14.2. The van der Waals surface area contributed by atoms with Crippen LogP contribution in [-0.2, 0) is 5.41 Å². The second-order valence-electron chi connectivity index (χ2n) is 12.3. The molecule has 0 unspecified atom stereocenters. The molecule has 0 aliphatic carbocycles. The summed E-state index contributed by atoms with van der Waals surface area (Å²) in [6.07, 6.45) is 19.0. The van der Waals surface area contributed by atoms with Crippen molar-refractivity contribution in [3.63, 3.8) is 0 Å². The van der Waals surface area contributed by atoms with Gasteiger partial charge >= 0.3 is 0 Å². The van der Waals surface area contributed by atoms with Gasteiger partial charge in [0.1, 0.15) is 23.5 Å². The van der Waals surface area contributed by atoms with Gasteiger partial charge in [-0.3, -0.25) is 0 Å². The molecule has 1 aliphatic heterocycles. The zero-order valence-electron chi connectivity index (χ0n) is 27.2. The lowest BCUT2D eigenvalue weighted by atomic mass is 9.83. The minimum atomic E-state index is -0.201. The maximum atomic E-state index is 6.68. The first-order chi connectivity index (χ1) is 22.8. The van der Waals surface area contributed by atoms with E-state index in [2.05, 4.69) is 76.2 Å². The molecule has 10 heteroatoms. The molecule has 0 amide bonds. The zero-order valence-corrected chi connectivity index (χ0v) is 28.8. The molecule has 8 nitrogen and oxygen atoms in total. The van der Waals surface area contributed by atoms with E-state index in [9.17, 15) is 0 Å². The number of allylic oxidation sites excluding steroid dienone is 4. The number of halogens is 2. The third kappa shape index (κ3) is 6.62. The number of methoxy groups -OCH3 is 1. The summed E-state index contributed by atoms with van der Waals surface area (Å²) in [6.45, 7) is 7.79. The average molecular weight is 669 g/mol. The molecule has 2 aromatic carbocycles.